The van der Waals surface area contributed by atoms with Gasteiger partial charge in [-0.25, -0.2) is 9.59 Å². The minimum absolute atomic E-state index is 0.0980. The van der Waals surface area contributed by atoms with E-state index in [4.69, 9.17) is 4.74 Å². The Balaban J connectivity index is 1.97. The summed E-state index contributed by atoms with van der Waals surface area (Å²) in [6.07, 6.45) is 6.00. The van der Waals surface area contributed by atoms with E-state index in [1.54, 1.807) is 6.92 Å². The van der Waals surface area contributed by atoms with Crippen molar-refractivity contribution in [3.8, 4) is 0 Å². The molecule has 1 heterocycles. The van der Waals surface area contributed by atoms with E-state index in [9.17, 15) is 14.4 Å². The number of amides is 3. The van der Waals surface area contributed by atoms with Crippen LogP contribution in [0.25, 0.3) is 0 Å². The van der Waals surface area contributed by atoms with Gasteiger partial charge in [-0.3, -0.25) is 9.69 Å². The third-order valence-electron chi connectivity index (χ3n) is 4.20. The molecule has 0 unspecified atom stereocenters. The van der Waals surface area contributed by atoms with Gasteiger partial charge in [-0.15, -0.1) is 0 Å². The largest absolute Gasteiger partial charge is 0.463 e. The second-order valence-corrected chi connectivity index (χ2v) is 5.76. The van der Waals surface area contributed by atoms with Crippen LogP contribution in [0.3, 0.4) is 0 Å². The van der Waals surface area contributed by atoms with Crippen molar-refractivity contribution in [2.45, 2.75) is 45.1 Å². The summed E-state index contributed by atoms with van der Waals surface area (Å²) in [5, 5.41) is 2.84. The molecule has 2 rings (SSSR count). The second-order valence-electron chi connectivity index (χ2n) is 5.76. The number of urea groups is 1. The van der Waals surface area contributed by atoms with Gasteiger partial charge in [-0.1, -0.05) is 13.0 Å². The number of esters is 1. The number of nitrogens with zero attached hydrogens (tertiary/aromatic N) is 1. The van der Waals surface area contributed by atoms with Gasteiger partial charge >= 0.3 is 12.0 Å². The predicted molar refractivity (Wildman–Crippen MR) is 76.4 cm³/mol. The topological polar surface area (TPSA) is 75.7 Å². The molecule has 0 aromatic heterocycles. The van der Waals surface area contributed by atoms with Crippen LogP contribution < -0.4 is 5.32 Å². The van der Waals surface area contributed by atoms with Crippen molar-refractivity contribution < 1.29 is 19.1 Å². The summed E-state index contributed by atoms with van der Waals surface area (Å²) in [4.78, 5) is 36.8. The van der Waals surface area contributed by atoms with Gasteiger partial charge < -0.3 is 10.1 Å². The molecular formula is C15H22N2O4. The summed E-state index contributed by atoms with van der Waals surface area (Å²) in [6.45, 7) is 4.28. The highest BCUT2D eigenvalue weighted by atomic mass is 16.5. The third-order valence-corrected chi connectivity index (χ3v) is 4.20. The van der Waals surface area contributed by atoms with Crippen LogP contribution in [-0.4, -0.2) is 41.5 Å². The summed E-state index contributed by atoms with van der Waals surface area (Å²) in [5.74, 6) is -0.0447. The van der Waals surface area contributed by atoms with Gasteiger partial charge in [0, 0.05) is 12.6 Å². The molecule has 2 fully saturated rings. The van der Waals surface area contributed by atoms with Crippen LogP contribution in [0.5, 0.6) is 0 Å². The maximum atomic E-state index is 12.5. The Labute approximate surface area is 124 Å². The monoisotopic (exact) mass is 294 g/mol. The molecule has 0 bridgehead atoms. The summed E-state index contributed by atoms with van der Waals surface area (Å²) in [5.41, 5.74) is -0.721. The molecule has 3 amide bonds. The zero-order chi connectivity index (χ0) is 15.5. The lowest BCUT2D eigenvalue weighted by molar-refractivity contribution is -0.137. The van der Waals surface area contributed by atoms with Crippen LogP contribution in [0.1, 0.15) is 39.5 Å². The molecule has 116 valence electrons. The Morgan fingerprint density at radius 2 is 2.10 bits per heavy atom. The molecule has 0 atom stereocenters. The van der Waals surface area contributed by atoms with Crippen molar-refractivity contribution in [3.63, 3.8) is 0 Å². The predicted octanol–water partition coefficient (Wildman–Crippen LogP) is 1.61. The van der Waals surface area contributed by atoms with Crippen LogP contribution in [0.4, 0.5) is 4.79 Å². The molecule has 1 aliphatic heterocycles. The fraction of sp³-hybridized carbons (Fsp3) is 0.667. The van der Waals surface area contributed by atoms with Crippen LogP contribution in [0, 0.1) is 5.92 Å². The lowest BCUT2D eigenvalue weighted by atomic mass is 9.77. The van der Waals surface area contributed by atoms with Crippen LogP contribution in [0.15, 0.2) is 12.2 Å². The van der Waals surface area contributed by atoms with Gasteiger partial charge in [0.1, 0.15) is 5.54 Å². The number of hydrogen-bond acceptors (Lipinski definition) is 4. The molecule has 6 heteroatoms. The number of hydrogen-bond donors (Lipinski definition) is 1. The van der Waals surface area contributed by atoms with Gasteiger partial charge in [0.2, 0.25) is 0 Å². The number of carbonyl (C=O) groups is 3. The average Bonchev–Trinajstić information content (AvgIpc) is 2.67. The van der Waals surface area contributed by atoms with Crippen molar-refractivity contribution in [2.24, 2.45) is 5.92 Å². The number of carbonyl (C=O) groups excluding carboxylic acids is 3. The van der Waals surface area contributed by atoms with E-state index in [0.29, 0.717) is 25.4 Å². The fourth-order valence-electron chi connectivity index (χ4n) is 2.88. The smallest absolute Gasteiger partial charge is 0.330 e. The van der Waals surface area contributed by atoms with E-state index in [1.807, 2.05) is 0 Å². The molecule has 21 heavy (non-hydrogen) atoms. The molecule has 0 radical (unpaired) electrons. The minimum Gasteiger partial charge on any atom is -0.463 e. The summed E-state index contributed by atoms with van der Waals surface area (Å²) >= 11 is 0. The molecule has 0 aromatic rings. The van der Waals surface area contributed by atoms with Crippen LogP contribution >= 0.6 is 0 Å². The Bertz CT molecular complexity index is 464. The van der Waals surface area contributed by atoms with Gasteiger partial charge in [0.15, 0.2) is 0 Å². The highest BCUT2D eigenvalue weighted by molar-refractivity contribution is 6.07. The SMILES string of the molecule is CCOC(=O)/C=C/CN1C(=O)NC2(CCC(C)CC2)C1=O. The Kier molecular flexibility index (Phi) is 4.65. The Morgan fingerprint density at radius 1 is 1.43 bits per heavy atom. The normalized spacial score (nSPS) is 29.2. The summed E-state index contributed by atoms with van der Waals surface area (Å²) < 4.78 is 4.75. The summed E-state index contributed by atoms with van der Waals surface area (Å²) in [7, 11) is 0. The first-order valence-corrected chi connectivity index (χ1v) is 7.46. The van der Waals surface area contributed by atoms with E-state index >= 15 is 0 Å². The lowest BCUT2D eigenvalue weighted by Crippen LogP contribution is -2.49. The highest BCUT2D eigenvalue weighted by Crippen LogP contribution is 2.36. The van der Waals surface area contributed by atoms with E-state index in [2.05, 4.69) is 12.2 Å². The molecule has 1 saturated carbocycles. The third kappa shape index (κ3) is 3.25. The molecule has 1 spiro atoms. The number of nitrogens with one attached hydrogen (secondary N) is 1. The number of ether oxygens (including phenoxy) is 1. The number of imide groups is 1. The molecule has 6 nitrogen and oxygen atoms in total. The van der Waals surface area contributed by atoms with Gasteiger partial charge in [0.25, 0.3) is 5.91 Å². The number of rotatable bonds is 4. The molecule has 1 N–H and O–H groups in total. The van der Waals surface area contributed by atoms with Crippen molar-refractivity contribution in [1.29, 1.82) is 0 Å². The average molecular weight is 294 g/mol. The van der Waals surface area contributed by atoms with Crippen molar-refractivity contribution in [3.05, 3.63) is 12.2 Å². The molecular weight excluding hydrogens is 272 g/mol. The van der Waals surface area contributed by atoms with E-state index in [1.165, 1.54) is 17.1 Å². The maximum Gasteiger partial charge on any atom is 0.330 e. The maximum absolute atomic E-state index is 12.5. The minimum atomic E-state index is -0.721. The zero-order valence-corrected chi connectivity index (χ0v) is 12.6. The lowest BCUT2D eigenvalue weighted by Gasteiger charge is -2.33. The Hall–Kier alpha value is -1.85. The Morgan fingerprint density at radius 3 is 2.71 bits per heavy atom. The highest BCUT2D eigenvalue weighted by Gasteiger charge is 2.51. The molecule has 0 aromatic carbocycles. The first-order valence-electron chi connectivity index (χ1n) is 7.46. The van der Waals surface area contributed by atoms with E-state index in [-0.39, 0.29) is 18.5 Å². The van der Waals surface area contributed by atoms with Gasteiger partial charge in [0.05, 0.1) is 6.61 Å². The zero-order valence-electron chi connectivity index (χ0n) is 12.6. The van der Waals surface area contributed by atoms with Crippen LogP contribution in [0.2, 0.25) is 0 Å². The first-order chi connectivity index (χ1) is 9.98. The standard InChI is InChI=1S/C15H22N2O4/c1-3-21-12(18)5-4-10-17-13(19)15(16-14(17)20)8-6-11(2)7-9-15/h4-5,11H,3,6-10H2,1-2H3,(H,16,20)/b5-4+. The van der Waals surface area contributed by atoms with Gasteiger partial charge in [-0.2, -0.15) is 0 Å². The van der Waals surface area contributed by atoms with Crippen LogP contribution in [-0.2, 0) is 14.3 Å². The quantitative estimate of drug-likeness (QED) is 0.485. The van der Waals surface area contributed by atoms with Crippen molar-refractivity contribution in [1.82, 2.24) is 10.2 Å². The first kappa shape index (κ1) is 15.5. The van der Waals surface area contributed by atoms with Crippen molar-refractivity contribution >= 4 is 17.9 Å². The molecule has 1 aliphatic carbocycles. The second kappa shape index (κ2) is 6.28. The molecule has 2 aliphatic rings. The van der Waals surface area contributed by atoms with Crippen molar-refractivity contribution in [2.75, 3.05) is 13.2 Å². The fourth-order valence-corrected chi connectivity index (χ4v) is 2.88. The van der Waals surface area contributed by atoms with E-state index in [0.717, 1.165) is 12.8 Å². The summed E-state index contributed by atoms with van der Waals surface area (Å²) in [6, 6.07) is -0.372. The molecule has 1 saturated heterocycles. The van der Waals surface area contributed by atoms with Gasteiger partial charge in [-0.05, 0) is 38.5 Å². The van der Waals surface area contributed by atoms with E-state index < -0.39 is 11.5 Å².